The Balaban J connectivity index is 2.22. The average Bonchev–Trinajstić information content (AvgIpc) is 2.77. The van der Waals surface area contributed by atoms with E-state index in [2.05, 4.69) is 21.8 Å². The van der Waals surface area contributed by atoms with Gasteiger partial charge in [-0.05, 0) is 26.0 Å². The number of halogens is 1. The molecule has 0 radical (unpaired) electrons. The summed E-state index contributed by atoms with van der Waals surface area (Å²) in [6, 6.07) is 5.58. The van der Waals surface area contributed by atoms with Crippen LogP contribution in [-0.2, 0) is 6.54 Å². The van der Waals surface area contributed by atoms with Gasteiger partial charge in [-0.3, -0.25) is 0 Å². The topological polar surface area (TPSA) is 42.2 Å². The van der Waals surface area contributed by atoms with Gasteiger partial charge in [0, 0.05) is 12.6 Å². The molecule has 0 spiro atoms. The molecular weight excluding hydrogens is 238 g/mol. The van der Waals surface area contributed by atoms with Crippen molar-refractivity contribution in [3.05, 3.63) is 41.2 Å². The maximum absolute atomic E-state index is 5.93. The second kappa shape index (κ2) is 5.19. The van der Waals surface area contributed by atoms with Gasteiger partial charge in [0.25, 0.3) is 0 Å². The van der Waals surface area contributed by atoms with E-state index in [9.17, 15) is 0 Å². The molecule has 0 saturated heterocycles. The molecule has 0 N–H and O–H groups in total. The van der Waals surface area contributed by atoms with E-state index in [1.807, 2.05) is 19.1 Å². The van der Waals surface area contributed by atoms with Crippen LogP contribution in [0.15, 0.2) is 28.9 Å². The second-order valence-corrected chi connectivity index (χ2v) is 4.08. The Morgan fingerprint density at radius 3 is 2.82 bits per heavy atom. The van der Waals surface area contributed by atoms with Crippen LogP contribution < -0.4 is 4.90 Å². The molecule has 2 aromatic rings. The Bertz CT molecular complexity index is 464. The monoisotopic (exact) mass is 251 g/mol. The first-order valence-corrected chi connectivity index (χ1v) is 5.85. The normalized spacial score (nSPS) is 10.5. The number of nitrogens with zero attached hydrogens (tertiary/aromatic N) is 3. The van der Waals surface area contributed by atoms with E-state index >= 15 is 0 Å². The smallest absolute Gasteiger partial charge is 0.134 e. The standard InChI is InChI=1S/C12H14ClN3O/c1-3-16(8-10-5-4-6-17-10)12-7-11(13)14-9(2)15-12/h4-7H,3,8H2,1-2H3. The molecular formula is C12H14ClN3O. The quantitative estimate of drug-likeness (QED) is 0.784. The molecule has 90 valence electrons. The molecule has 0 atom stereocenters. The van der Waals surface area contributed by atoms with Crippen molar-refractivity contribution in [2.24, 2.45) is 0 Å². The zero-order chi connectivity index (χ0) is 12.3. The molecule has 0 bridgehead atoms. The maximum atomic E-state index is 5.93. The fourth-order valence-corrected chi connectivity index (χ4v) is 1.84. The van der Waals surface area contributed by atoms with Crippen molar-refractivity contribution in [3.8, 4) is 0 Å². The number of aromatic nitrogens is 2. The van der Waals surface area contributed by atoms with Gasteiger partial charge in [-0.15, -0.1) is 0 Å². The lowest BCUT2D eigenvalue weighted by molar-refractivity contribution is 0.502. The summed E-state index contributed by atoms with van der Waals surface area (Å²) in [7, 11) is 0. The lowest BCUT2D eigenvalue weighted by Crippen LogP contribution is -2.23. The van der Waals surface area contributed by atoms with Gasteiger partial charge in [-0.1, -0.05) is 11.6 Å². The van der Waals surface area contributed by atoms with Crippen LogP contribution in [0.25, 0.3) is 0 Å². The third-order valence-electron chi connectivity index (χ3n) is 2.43. The van der Waals surface area contributed by atoms with Gasteiger partial charge >= 0.3 is 0 Å². The summed E-state index contributed by atoms with van der Waals surface area (Å²) in [5.74, 6) is 2.39. The fourth-order valence-electron chi connectivity index (χ4n) is 1.62. The molecule has 0 fully saturated rings. The van der Waals surface area contributed by atoms with E-state index in [1.54, 1.807) is 12.3 Å². The summed E-state index contributed by atoms with van der Waals surface area (Å²) < 4.78 is 5.33. The number of anilines is 1. The van der Waals surface area contributed by atoms with Crippen LogP contribution in [0, 0.1) is 6.92 Å². The first-order valence-electron chi connectivity index (χ1n) is 5.47. The molecule has 2 rings (SSSR count). The van der Waals surface area contributed by atoms with Crippen molar-refractivity contribution < 1.29 is 4.42 Å². The summed E-state index contributed by atoms with van der Waals surface area (Å²) in [6.07, 6.45) is 1.67. The van der Waals surface area contributed by atoms with E-state index < -0.39 is 0 Å². The number of furan rings is 1. The Kier molecular flexibility index (Phi) is 3.64. The van der Waals surface area contributed by atoms with Crippen LogP contribution in [0.5, 0.6) is 0 Å². The summed E-state index contributed by atoms with van der Waals surface area (Å²) in [4.78, 5) is 10.5. The molecule has 0 unspecified atom stereocenters. The summed E-state index contributed by atoms with van der Waals surface area (Å²) in [6.45, 7) is 5.40. The predicted octanol–water partition coefficient (Wildman–Crippen LogP) is 3.06. The van der Waals surface area contributed by atoms with Crippen molar-refractivity contribution in [2.75, 3.05) is 11.4 Å². The van der Waals surface area contributed by atoms with Gasteiger partial charge in [0.2, 0.25) is 0 Å². The molecule has 5 heteroatoms. The van der Waals surface area contributed by atoms with Gasteiger partial charge in [-0.2, -0.15) is 0 Å². The molecule has 4 nitrogen and oxygen atoms in total. The Morgan fingerprint density at radius 1 is 1.41 bits per heavy atom. The summed E-state index contributed by atoms with van der Waals surface area (Å²) in [5.41, 5.74) is 0. The Morgan fingerprint density at radius 2 is 2.24 bits per heavy atom. The SMILES string of the molecule is CCN(Cc1ccco1)c1cc(Cl)nc(C)n1. The van der Waals surface area contributed by atoms with E-state index in [1.165, 1.54) is 0 Å². The minimum absolute atomic E-state index is 0.463. The van der Waals surface area contributed by atoms with Gasteiger partial charge in [0.05, 0.1) is 12.8 Å². The van der Waals surface area contributed by atoms with Crippen molar-refractivity contribution in [1.29, 1.82) is 0 Å². The molecule has 17 heavy (non-hydrogen) atoms. The van der Waals surface area contributed by atoms with Gasteiger partial charge in [-0.25, -0.2) is 9.97 Å². The molecule has 0 saturated carbocycles. The van der Waals surface area contributed by atoms with E-state index in [0.717, 1.165) is 18.1 Å². The van der Waals surface area contributed by atoms with Crippen LogP contribution in [-0.4, -0.2) is 16.5 Å². The molecule has 2 aromatic heterocycles. The van der Waals surface area contributed by atoms with Crippen LogP contribution in [0.2, 0.25) is 5.15 Å². The van der Waals surface area contributed by atoms with Crippen LogP contribution in [0.3, 0.4) is 0 Å². The molecule has 0 aliphatic rings. The predicted molar refractivity (Wildman–Crippen MR) is 67.2 cm³/mol. The summed E-state index contributed by atoms with van der Waals surface area (Å²) >= 11 is 5.93. The van der Waals surface area contributed by atoms with Crippen molar-refractivity contribution in [3.63, 3.8) is 0 Å². The average molecular weight is 252 g/mol. The highest BCUT2D eigenvalue weighted by Crippen LogP contribution is 2.18. The fraction of sp³-hybridized carbons (Fsp3) is 0.333. The molecule has 0 aliphatic carbocycles. The maximum Gasteiger partial charge on any atom is 0.134 e. The largest absolute Gasteiger partial charge is 0.467 e. The lowest BCUT2D eigenvalue weighted by atomic mass is 10.3. The zero-order valence-corrected chi connectivity index (χ0v) is 10.6. The minimum Gasteiger partial charge on any atom is -0.467 e. The number of hydrogen-bond donors (Lipinski definition) is 0. The van der Waals surface area contributed by atoms with E-state index in [-0.39, 0.29) is 0 Å². The van der Waals surface area contributed by atoms with Crippen LogP contribution in [0.1, 0.15) is 18.5 Å². The third kappa shape index (κ3) is 2.97. The lowest BCUT2D eigenvalue weighted by Gasteiger charge is -2.20. The first kappa shape index (κ1) is 11.9. The third-order valence-corrected chi connectivity index (χ3v) is 2.62. The minimum atomic E-state index is 0.463. The van der Waals surface area contributed by atoms with Gasteiger partial charge in [0.1, 0.15) is 22.6 Å². The molecule has 0 aliphatic heterocycles. The van der Waals surface area contributed by atoms with Crippen LogP contribution >= 0.6 is 11.6 Å². The number of rotatable bonds is 4. The van der Waals surface area contributed by atoms with E-state index in [4.69, 9.17) is 16.0 Å². The second-order valence-electron chi connectivity index (χ2n) is 3.69. The zero-order valence-electron chi connectivity index (χ0n) is 9.85. The molecule has 0 amide bonds. The van der Waals surface area contributed by atoms with Crippen molar-refractivity contribution in [2.45, 2.75) is 20.4 Å². The van der Waals surface area contributed by atoms with Gasteiger partial charge in [0.15, 0.2) is 0 Å². The highest BCUT2D eigenvalue weighted by Gasteiger charge is 2.10. The highest BCUT2D eigenvalue weighted by atomic mass is 35.5. The van der Waals surface area contributed by atoms with Gasteiger partial charge < -0.3 is 9.32 Å². The Labute approximate surface area is 105 Å². The highest BCUT2D eigenvalue weighted by molar-refractivity contribution is 6.29. The number of hydrogen-bond acceptors (Lipinski definition) is 4. The van der Waals surface area contributed by atoms with Crippen molar-refractivity contribution in [1.82, 2.24) is 9.97 Å². The number of aryl methyl sites for hydroxylation is 1. The van der Waals surface area contributed by atoms with E-state index in [0.29, 0.717) is 17.5 Å². The summed E-state index contributed by atoms with van der Waals surface area (Å²) in [5, 5.41) is 0.463. The van der Waals surface area contributed by atoms with Crippen LogP contribution in [0.4, 0.5) is 5.82 Å². The molecule has 2 heterocycles. The molecule has 0 aromatic carbocycles. The van der Waals surface area contributed by atoms with Crippen molar-refractivity contribution >= 4 is 17.4 Å². The first-order chi connectivity index (χ1) is 8.19. The Hall–Kier alpha value is -1.55.